The normalized spacial score (nSPS) is 16.3. The van der Waals surface area contributed by atoms with Gasteiger partial charge in [-0.05, 0) is 37.4 Å². The predicted molar refractivity (Wildman–Crippen MR) is 69.1 cm³/mol. The van der Waals surface area contributed by atoms with Crippen molar-refractivity contribution < 1.29 is 13.6 Å². The first-order chi connectivity index (χ1) is 9.22. The second-order valence-electron chi connectivity index (χ2n) is 4.75. The lowest BCUT2D eigenvalue weighted by Crippen LogP contribution is -2.28. The summed E-state index contributed by atoms with van der Waals surface area (Å²) in [7, 11) is 0. The van der Waals surface area contributed by atoms with E-state index in [0.717, 1.165) is 25.9 Å². The van der Waals surface area contributed by atoms with Gasteiger partial charge < -0.3 is 10.6 Å². The summed E-state index contributed by atoms with van der Waals surface area (Å²) in [6.07, 6.45) is 1.83. The summed E-state index contributed by atoms with van der Waals surface area (Å²) < 4.78 is 26.4. The summed E-state index contributed by atoms with van der Waals surface area (Å²) in [5.74, 6) is -0.765. The van der Waals surface area contributed by atoms with E-state index in [1.807, 2.05) is 0 Å². The first-order valence-corrected chi connectivity index (χ1v) is 6.53. The lowest BCUT2D eigenvalue weighted by Gasteiger charge is -2.24. The van der Waals surface area contributed by atoms with Gasteiger partial charge in [-0.2, -0.15) is 0 Å². The molecular weight excluding hydrogens is 250 g/mol. The molecule has 19 heavy (non-hydrogen) atoms. The van der Waals surface area contributed by atoms with E-state index in [4.69, 9.17) is 0 Å². The van der Waals surface area contributed by atoms with Gasteiger partial charge in [0.15, 0.2) is 6.67 Å². The molecule has 2 rings (SSSR count). The van der Waals surface area contributed by atoms with Gasteiger partial charge in [0.1, 0.15) is 5.82 Å². The topological polar surface area (TPSA) is 41.1 Å². The van der Waals surface area contributed by atoms with Gasteiger partial charge in [0.2, 0.25) is 0 Å². The van der Waals surface area contributed by atoms with Gasteiger partial charge in [-0.1, -0.05) is 18.2 Å². The van der Waals surface area contributed by atoms with Gasteiger partial charge in [-0.25, -0.2) is 8.78 Å². The van der Waals surface area contributed by atoms with Gasteiger partial charge in [-0.3, -0.25) is 4.79 Å². The van der Waals surface area contributed by atoms with E-state index in [1.165, 1.54) is 0 Å². The van der Waals surface area contributed by atoms with E-state index in [2.05, 4.69) is 10.6 Å². The maximum absolute atomic E-state index is 14.3. The van der Waals surface area contributed by atoms with Crippen molar-refractivity contribution in [2.75, 3.05) is 19.8 Å². The number of halogens is 2. The molecule has 3 nitrogen and oxygen atoms in total. The van der Waals surface area contributed by atoms with Crippen molar-refractivity contribution in [1.29, 1.82) is 0 Å². The number of rotatable bonds is 4. The third-order valence-electron chi connectivity index (χ3n) is 3.48. The van der Waals surface area contributed by atoms with Crippen LogP contribution < -0.4 is 10.6 Å². The van der Waals surface area contributed by atoms with Crippen molar-refractivity contribution >= 4 is 5.91 Å². The van der Waals surface area contributed by atoms with Gasteiger partial charge in [-0.15, -0.1) is 0 Å². The summed E-state index contributed by atoms with van der Waals surface area (Å²) in [6, 6.07) is 5.21. The number of hydrogen-bond donors (Lipinski definition) is 2. The molecule has 0 atom stereocenters. The van der Waals surface area contributed by atoms with Crippen LogP contribution in [-0.2, 0) is 11.3 Å². The van der Waals surface area contributed by atoms with Crippen LogP contribution in [0.3, 0.4) is 0 Å². The Morgan fingerprint density at radius 3 is 2.79 bits per heavy atom. The maximum atomic E-state index is 14.3. The van der Waals surface area contributed by atoms with E-state index in [9.17, 15) is 13.6 Å². The molecule has 1 saturated heterocycles. The van der Waals surface area contributed by atoms with Crippen LogP contribution in [0, 0.1) is 5.82 Å². The van der Waals surface area contributed by atoms with Crippen molar-refractivity contribution in [3.05, 3.63) is 35.1 Å². The average molecular weight is 268 g/mol. The highest BCUT2D eigenvalue weighted by Crippen LogP contribution is 2.28. The van der Waals surface area contributed by atoms with Crippen LogP contribution in [0.15, 0.2) is 18.2 Å². The molecule has 1 aliphatic heterocycles. The fraction of sp³-hybridized carbons (Fsp3) is 0.500. The Hall–Kier alpha value is -1.49. The van der Waals surface area contributed by atoms with Crippen molar-refractivity contribution in [3.63, 3.8) is 0 Å². The summed E-state index contributed by atoms with van der Waals surface area (Å²) in [5, 5.41) is 5.60. The molecule has 0 unspecified atom stereocenters. The molecule has 0 radical (unpaired) electrons. The van der Waals surface area contributed by atoms with E-state index < -0.39 is 12.6 Å². The predicted octanol–water partition coefficient (Wildman–Crippen LogP) is 1.88. The first kappa shape index (κ1) is 13.9. The number of piperidine rings is 1. The minimum atomic E-state index is -1.07. The molecule has 1 aromatic rings. The number of alkyl halides is 1. The van der Waals surface area contributed by atoms with Gasteiger partial charge in [0.05, 0.1) is 0 Å². The zero-order chi connectivity index (χ0) is 13.7. The Morgan fingerprint density at radius 2 is 2.11 bits per heavy atom. The lowest BCUT2D eigenvalue weighted by atomic mass is 9.89. The molecule has 0 aromatic heterocycles. The molecular formula is C14H18F2N2O. The largest absolute Gasteiger partial charge is 0.350 e. The number of amides is 1. The first-order valence-electron chi connectivity index (χ1n) is 6.53. The highest BCUT2D eigenvalue weighted by Gasteiger charge is 2.20. The fourth-order valence-corrected chi connectivity index (χ4v) is 2.43. The minimum absolute atomic E-state index is 0.0351. The second-order valence-corrected chi connectivity index (χ2v) is 4.75. The zero-order valence-corrected chi connectivity index (χ0v) is 10.7. The van der Waals surface area contributed by atoms with Crippen LogP contribution in [0.2, 0.25) is 0 Å². The number of nitrogens with one attached hydrogen (secondary N) is 2. The zero-order valence-electron chi connectivity index (χ0n) is 10.7. The molecule has 1 aromatic carbocycles. The van der Waals surface area contributed by atoms with E-state index >= 15 is 0 Å². The molecule has 1 heterocycles. The molecule has 5 heteroatoms. The lowest BCUT2D eigenvalue weighted by molar-refractivity contribution is -0.122. The molecule has 1 amide bonds. The highest BCUT2D eigenvalue weighted by molar-refractivity contribution is 5.76. The number of carbonyl (C=O) groups excluding carboxylic acids is 1. The van der Waals surface area contributed by atoms with Gasteiger partial charge in [0.25, 0.3) is 5.91 Å². The van der Waals surface area contributed by atoms with Crippen LogP contribution in [0.4, 0.5) is 8.78 Å². The Kier molecular flexibility index (Phi) is 4.85. The van der Waals surface area contributed by atoms with Crippen molar-refractivity contribution in [3.8, 4) is 0 Å². The van der Waals surface area contributed by atoms with Crippen LogP contribution in [0.5, 0.6) is 0 Å². The smallest absolute Gasteiger partial charge is 0.251 e. The monoisotopic (exact) mass is 268 g/mol. The molecule has 0 aliphatic carbocycles. The Labute approximate surface area is 111 Å². The quantitative estimate of drug-likeness (QED) is 0.875. The molecule has 104 valence electrons. The standard InChI is InChI=1S/C14H18F2N2O/c15-8-13(19)18-9-11-2-1-3-12(14(11)16)10-4-6-17-7-5-10/h1-3,10,17H,4-9H2,(H,18,19). The van der Waals surface area contributed by atoms with Crippen LogP contribution in [-0.4, -0.2) is 25.7 Å². The molecule has 0 bridgehead atoms. The summed E-state index contributed by atoms with van der Waals surface area (Å²) in [5.41, 5.74) is 1.12. The van der Waals surface area contributed by atoms with Crippen LogP contribution >= 0.6 is 0 Å². The minimum Gasteiger partial charge on any atom is -0.350 e. The highest BCUT2D eigenvalue weighted by atomic mass is 19.1. The third-order valence-corrected chi connectivity index (χ3v) is 3.48. The summed E-state index contributed by atoms with van der Waals surface area (Å²) >= 11 is 0. The Morgan fingerprint density at radius 1 is 1.37 bits per heavy atom. The molecule has 2 N–H and O–H groups in total. The summed E-state index contributed by atoms with van der Waals surface area (Å²) in [6.45, 7) is 0.753. The molecule has 1 fully saturated rings. The Balaban J connectivity index is 2.10. The van der Waals surface area contributed by atoms with E-state index in [-0.39, 0.29) is 18.3 Å². The van der Waals surface area contributed by atoms with Crippen molar-refractivity contribution in [2.45, 2.75) is 25.3 Å². The Bertz CT molecular complexity index is 445. The molecule has 0 spiro atoms. The van der Waals surface area contributed by atoms with Crippen molar-refractivity contribution in [2.24, 2.45) is 0 Å². The molecule has 1 aliphatic rings. The number of hydrogen-bond acceptors (Lipinski definition) is 2. The average Bonchev–Trinajstić information content (AvgIpc) is 2.46. The summed E-state index contributed by atoms with van der Waals surface area (Å²) in [4.78, 5) is 10.9. The van der Waals surface area contributed by atoms with Crippen molar-refractivity contribution in [1.82, 2.24) is 10.6 Å². The van der Waals surface area contributed by atoms with Crippen LogP contribution in [0.25, 0.3) is 0 Å². The van der Waals surface area contributed by atoms with E-state index in [0.29, 0.717) is 11.1 Å². The van der Waals surface area contributed by atoms with Gasteiger partial charge in [0, 0.05) is 12.1 Å². The molecule has 0 saturated carbocycles. The SMILES string of the molecule is O=C(CF)NCc1cccc(C2CCNCC2)c1F. The maximum Gasteiger partial charge on any atom is 0.251 e. The fourth-order valence-electron chi connectivity index (χ4n) is 2.43. The number of benzene rings is 1. The van der Waals surface area contributed by atoms with E-state index in [1.54, 1.807) is 18.2 Å². The second kappa shape index (κ2) is 6.61. The van der Waals surface area contributed by atoms with Gasteiger partial charge >= 0.3 is 0 Å². The number of carbonyl (C=O) groups is 1. The van der Waals surface area contributed by atoms with Crippen LogP contribution in [0.1, 0.15) is 29.9 Å². The third kappa shape index (κ3) is 3.50.